The maximum Gasteiger partial charge on any atom is 0.158 e. The molecule has 0 spiro atoms. The molecule has 1 heterocycles. The first-order valence-corrected chi connectivity index (χ1v) is 5.48. The van der Waals surface area contributed by atoms with E-state index in [9.17, 15) is 0 Å². The second-order valence-electron chi connectivity index (χ2n) is 4.06. The van der Waals surface area contributed by atoms with Crippen molar-refractivity contribution in [1.82, 2.24) is 0 Å². The lowest BCUT2D eigenvalue weighted by molar-refractivity contribution is -0.154. The predicted molar refractivity (Wildman–Crippen MR) is 56.8 cm³/mol. The quantitative estimate of drug-likeness (QED) is 0.646. The summed E-state index contributed by atoms with van der Waals surface area (Å²) in [5.41, 5.74) is 0. The van der Waals surface area contributed by atoms with Gasteiger partial charge >= 0.3 is 0 Å². The molecule has 2 nitrogen and oxygen atoms in total. The van der Waals surface area contributed by atoms with E-state index in [2.05, 4.69) is 25.7 Å². The summed E-state index contributed by atoms with van der Waals surface area (Å²) in [6.07, 6.45) is 4.35. The Kier molecular flexibility index (Phi) is 5.66. The number of hydrogen-bond acceptors (Lipinski definition) is 2. The van der Waals surface area contributed by atoms with Gasteiger partial charge in [-0.3, -0.25) is 0 Å². The lowest BCUT2D eigenvalue weighted by atomic mass is 10.1. The van der Waals surface area contributed by atoms with E-state index in [1.54, 1.807) is 0 Å². The lowest BCUT2D eigenvalue weighted by Gasteiger charge is -2.21. The molecule has 0 aromatic rings. The third-order valence-electron chi connectivity index (χ3n) is 2.11. The summed E-state index contributed by atoms with van der Waals surface area (Å²) in [5.74, 6) is 6.75. The Morgan fingerprint density at radius 1 is 1.36 bits per heavy atom. The smallest absolute Gasteiger partial charge is 0.158 e. The molecule has 80 valence electrons. The van der Waals surface area contributed by atoms with E-state index in [0.717, 1.165) is 19.4 Å². The predicted octanol–water partition coefficient (Wildman–Crippen LogP) is 2.58. The molecule has 2 heteroatoms. The molecular formula is C12H20O2. The van der Waals surface area contributed by atoms with Crippen LogP contribution in [-0.4, -0.2) is 19.5 Å². The maximum absolute atomic E-state index is 5.47. The SMILES string of the molecule is CC(C)CC#CCOC1CCCCO1. The van der Waals surface area contributed by atoms with Gasteiger partial charge in [-0.15, -0.1) is 5.92 Å². The molecule has 1 aliphatic heterocycles. The normalized spacial score (nSPS) is 21.8. The van der Waals surface area contributed by atoms with Gasteiger partial charge in [0.2, 0.25) is 0 Å². The van der Waals surface area contributed by atoms with Crippen molar-refractivity contribution in [1.29, 1.82) is 0 Å². The van der Waals surface area contributed by atoms with Crippen molar-refractivity contribution in [3.05, 3.63) is 0 Å². The van der Waals surface area contributed by atoms with Crippen LogP contribution in [0.2, 0.25) is 0 Å². The fourth-order valence-electron chi connectivity index (χ4n) is 1.30. The summed E-state index contributed by atoms with van der Waals surface area (Å²) in [5, 5.41) is 0. The average molecular weight is 196 g/mol. The zero-order chi connectivity index (χ0) is 10.2. The molecule has 0 amide bonds. The summed E-state index contributed by atoms with van der Waals surface area (Å²) in [7, 11) is 0. The fourth-order valence-corrected chi connectivity index (χ4v) is 1.30. The van der Waals surface area contributed by atoms with E-state index in [4.69, 9.17) is 9.47 Å². The summed E-state index contributed by atoms with van der Waals surface area (Å²) < 4.78 is 10.9. The molecule has 0 bridgehead atoms. The van der Waals surface area contributed by atoms with Crippen LogP contribution in [0, 0.1) is 17.8 Å². The first kappa shape index (κ1) is 11.6. The van der Waals surface area contributed by atoms with Crippen LogP contribution in [0.4, 0.5) is 0 Å². The Morgan fingerprint density at radius 3 is 2.86 bits per heavy atom. The van der Waals surface area contributed by atoms with Crippen LogP contribution in [0.1, 0.15) is 39.5 Å². The molecule has 14 heavy (non-hydrogen) atoms. The minimum Gasteiger partial charge on any atom is -0.353 e. The Labute approximate surface area is 87.0 Å². The van der Waals surface area contributed by atoms with Crippen molar-refractivity contribution in [2.45, 2.75) is 45.8 Å². The molecule has 0 aromatic carbocycles. The summed E-state index contributed by atoms with van der Waals surface area (Å²) in [6, 6.07) is 0. The van der Waals surface area contributed by atoms with Gasteiger partial charge in [-0.05, 0) is 25.2 Å². The molecule has 1 rings (SSSR count). The van der Waals surface area contributed by atoms with Gasteiger partial charge in [-0.2, -0.15) is 0 Å². The highest BCUT2D eigenvalue weighted by Gasteiger charge is 2.12. The van der Waals surface area contributed by atoms with Crippen molar-refractivity contribution < 1.29 is 9.47 Å². The van der Waals surface area contributed by atoms with E-state index in [-0.39, 0.29) is 6.29 Å². The van der Waals surface area contributed by atoms with Crippen LogP contribution in [0.25, 0.3) is 0 Å². The van der Waals surface area contributed by atoms with Gasteiger partial charge in [0.05, 0.1) is 0 Å². The van der Waals surface area contributed by atoms with Crippen LogP contribution < -0.4 is 0 Å². The third kappa shape index (κ3) is 5.26. The Bertz CT molecular complexity index is 194. The zero-order valence-electron chi connectivity index (χ0n) is 9.21. The fraction of sp³-hybridized carbons (Fsp3) is 0.833. The minimum atomic E-state index is -0.00269. The van der Waals surface area contributed by atoms with Crippen molar-refractivity contribution in [3.63, 3.8) is 0 Å². The molecule has 1 fully saturated rings. The minimum absolute atomic E-state index is 0.00269. The number of ether oxygens (including phenoxy) is 2. The molecular weight excluding hydrogens is 176 g/mol. The molecule has 0 saturated carbocycles. The van der Waals surface area contributed by atoms with Crippen molar-refractivity contribution >= 4 is 0 Å². The Hall–Kier alpha value is -0.520. The third-order valence-corrected chi connectivity index (χ3v) is 2.11. The molecule has 0 aliphatic carbocycles. The molecule has 1 saturated heterocycles. The molecule has 0 radical (unpaired) electrons. The van der Waals surface area contributed by atoms with Gasteiger partial charge in [0, 0.05) is 13.0 Å². The van der Waals surface area contributed by atoms with Gasteiger partial charge in [0.25, 0.3) is 0 Å². The van der Waals surface area contributed by atoms with Crippen LogP contribution in [0.5, 0.6) is 0 Å². The summed E-state index contributed by atoms with van der Waals surface area (Å²) in [4.78, 5) is 0. The van der Waals surface area contributed by atoms with E-state index in [0.29, 0.717) is 12.5 Å². The zero-order valence-corrected chi connectivity index (χ0v) is 9.21. The molecule has 1 unspecified atom stereocenters. The summed E-state index contributed by atoms with van der Waals surface area (Å²) in [6.45, 7) is 5.68. The average Bonchev–Trinajstić information content (AvgIpc) is 2.18. The highest BCUT2D eigenvalue weighted by Crippen LogP contribution is 2.12. The molecule has 0 N–H and O–H groups in total. The van der Waals surface area contributed by atoms with E-state index in [1.165, 1.54) is 12.8 Å². The molecule has 0 aromatic heterocycles. The Morgan fingerprint density at radius 2 is 2.21 bits per heavy atom. The largest absolute Gasteiger partial charge is 0.353 e. The first-order valence-electron chi connectivity index (χ1n) is 5.48. The second-order valence-corrected chi connectivity index (χ2v) is 4.06. The standard InChI is InChI=1S/C12H20O2/c1-11(2)7-3-5-9-13-12-8-4-6-10-14-12/h11-12H,4,6-10H2,1-2H3. The first-order chi connectivity index (χ1) is 6.79. The van der Waals surface area contributed by atoms with Gasteiger partial charge in [0.15, 0.2) is 6.29 Å². The van der Waals surface area contributed by atoms with Crippen LogP contribution in [0.3, 0.4) is 0 Å². The number of hydrogen-bond donors (Lipinski definition) is 0. The van der Waals surface area contributed by atoms with Crippen molar-refractivity contribution in [2.75, 3.05) is 13.2 Å². The highest BCUT2D eigenvalue weighted by molar-refractivity contribution is 4.99. The highest BCUT2D eigenvalue weighted by atomic mass is 16.7. The topological polar surface area (TPSA) is 18.5 Å². The maximum atomic E-state index is 5.47. The van der Waals surface area contributed by atoms with Gasteiger partial charge in [-0.25, -0.2) is 0 Å². The Balaban J connectivity index is 2.03. The monoisotopic (exact) mass is 196 g/mol. The van der Waals surface area contributed by atoms with Crippen LogP contribution in [0.15, 0.2) is 0 Å². The molecule has 1 atom stereocenters. The van der Waals surface area contributed by atoms with E-state index >= 15 is 0 Å². The van der Waals surface area contributed by atoms with Gasteiger partial charge < -0.3 is 9.47 Å². The second kappa shape index (κ2) is 6.86. The van der Waals surface area contributed by atoms with Gasteiger partial charge in [0.1, 0.15) is 6.61 Å². The van der Waals surface area contributed by atoms with Crippen LogP contribution in [-0.2, 0) is 9.47 Å². The number of rotatable bonds is 3. The van der Waals surface area contributed by atoms with E-state index in [1.807, 2.05) is 0 Å². The van der Waals surface area contributed by atoms with E-state index < -0.39 is 0 Å². The van der Waals surface area contributed by atoms with Gasteiger partial charge in [-0.1, -0.05) is 19.8 Å². The van der Waals surface area contributed by atoms with Crippen LogP contribution >= 0.6 is 0 Å². The van der Waals surface area contributed by atoms with Crippen molar-refractivity contribution in [3.8, 4) is 11.8 Å². The lowest BCUT2D eigenvalue weighted by Crippen LogP contribution is -2.22. The molecule has 1 aliphatic rings. The summed E-state index contributed by atoms with van der Waals surface area (Å²) >= 11 is 0. The van der Waals surface area contributed by atoms with Crippen molar-refractivity contribution in [2.24, 2.45) is 5.92 Å².